The first-order chi connectivity index (χ1) is 24.5. The molecular formula is C39H44ClN3O7S. The van der Waals surface area contributed by atoms with E-state index in [0.717, 1.165) is 46.7 Å². The van der Waals surface area contributed by atoms with Crippen LogP contribution in [0.25, 0.3) is 0 Å². The summed E-state index contributed by atoms with van der Waals surface area (Å²) in [6.07, 6.45) is 3.98. The second-order valence-corrected chi connectivity index (χ2v) is 14.8. The molecule has 1 N–H and O–H groups in total. The largest absolute Gasteiger partial charge is 0.495 e. The smallest absolute Gasteiger partial charge is 0.265 e. The van der Waals surface area contributed by atoms with E-state index in [9.17, 15) is 18.0 Å². The Kier molecular flexibility index (Phi) is 12.5. The second-order valence-electron chi connectivity index (χ2n) is 12.5. The fraction of sp³-hybridized carbons (Fsp3) is 0.333. The van der Waals surface area contributed by atoms with Crippen LogP contribution in [0.15, 0.2) is 95.9 Å². The second kappa shape index (κ2) is 17.0. The van der Waals surface area contributed by atoms with Crippen molar-refractivity contribution < 1.29 is 32.2 Å². The van der Waals surface area contributed by atoms with E-state index >= 15 is 0 Å². The van der Waals surface area contributed by atoms with E-state index in [4.69, 9.17) is 25.8 Å². The van der Waals surface area contributed by atoms with Gasteiger partial charge in [0.05, 0.1) is 31.9 Å². The van der Waals surface area contributed by atoms with Gasteiger partial charge in [-0.15, -0.1) is 0 Å². The summed E-state index contributed by atoms with van der Waals surface area (Å²) in [5.41, 5.74) is 2.67. The predicted molar refractivity (Wildman–Crippen MR) is 198 cm³/mol. The molecule has 10 nitrogen and oxygen atoms in total. The van der Waals surface area contributed by atoms with Gasteiger partial charge in [-0.05, 0) is 66.8 Å². The van der Waals surface area contributed by atoms with Gasteiger partial charge in [-0.3, -0.25) is 13.9 Å². The number of carbonyl (C=O) groups excluding carboxylic acids is 2. The summed E-state index contributed by atoms with van der Waals surface area (Å²) < 4.78 is 46.6. The molecule has 0 aliphatic heterocycles. The first-order valence-electron chi connectivity index (χ1n) is 16.8. The van der Waals surface area contributed by atoms with Crippen LogP contribution in [0.4, 0.5) is 5.69 Å². The third kappa shape index (κ3) is 8.95. The Bertz CT molecular complexity index is 1930. The average Bonchev–Trinajstić information content (AvgIpc) is 3.65. The molecule has 1 aliphatic rings. The van der Waals surface area contributed by atoms with Crippen molar-refractivity contribution in [1.82, 2.24) is 10.2 Å². The molecule has 0 bridgehead atoms. The van der Waals surface area contributed by atoms with Gasteiger partial charge in [0.25, 0.3) is 10.0 Å². The molecule has 1 unspecified atom stereocenters. The molecule has 4 aromatic rings. The zero-order valence-corrected chi connectivity index (χ0v) is 30.9. The Morgan fingerprint density at radius 2 is 1.49 bits per heavy atom. The number of nitrogens with zero attached hydrogens (tertiary/aromatic N) is 2. The van der Waals surface area contributed by atoms with E-state index < -0.39 is 28.5 Å². The lowest BCUT2D eigenvalue weighted by Crippen LogP contribution is -2.54. The molecule has 0 spiro atoms. The summed E-state index contributed by atoms with van der Waals surface area (Å²) in [4.78, 5) is 30.5. The number of hydrogen-bond acceptors (Lipinski definition) is 7. The van der Waals surface area contributed by atoms with Gasteiger partial charge in [0, 0.05) is 30.1 Å². The van der Waals surface area contributed by atoms with Gasteiger partial charge in [-0.2, -0.15) is 0 Å². The molecule has 51 heavy (non-hydrogen) atoms. The van der Waals surface area contributed by atoms with E-state index in [1.54, 1.807) is 6.07 Å². The van der Waals surface area contributed by atoms with Crippen LogP contribution in [0.3, 0.4) is 0 Å². The summed E-state index contributed by atoms with van der Waals surface area (Å²) in [5, 5.41) is 3.43. The highest BCUT2D eigenvalue weighted by Crippen LogP contribution is 2.37. The standard InChI is InChI=1S/C39H44ClN3O7S/c1-27-12-8-9-15-29(27)25-42(34(22-28-13-6-5-7-14-28)39(45)41-31-16-10-11-17-31)38(44)26-43(33-23-30(40)18-20-35(33)48-2)51(46,47)32-19-21-36(49-3)37(24-32)50-4/h5-9,12-15,18-21,23-24,31,34H,10-11,16-17,22,25-26H2,1-4H3,(H,41,45). The van der Waals surface area contributed by atoms with Crippen LogP contribution in [0.2, 0.25) is 5.02 Å². The lowest BCUT2D eigenvalue weighted by molar-refractivity contribution is -0.140. The lowest BCUT2D eigenvalue weighted by atomic mass is 10.0. The number of methoxy groups -OCH3 is 3. The minimum absolute atomic E-state index is 0.00355. The minimum atomic E-state index is -4.48. The fourth-order valence-corrected chi connectivity index (χ4v) is 7.97. The Labute approximate surface area is 305 Å². The van der Waals surface area contributed by atoms with Crippen molar-refractivity contribution in [2.75, 3.05) is 32.2 Å². The fourth-order valence-electron chi connectivity index (χ4n) is 6.37. The summed E-state index contributed by atoms with van der Waals surface area (Å²) in [6, 6.07) is 24.9. The number of sulfonamides is 1. The molecule has 0 heterocycles. The van der Waals surface area contributed by atoms with Crippen LogP contribution < -0.4 is 23.8 Å². The number of carbonyl (C=O) groups is 2. The molecule has 0 saturated heterocycles. The van der Waals surface area contributed by atoms with Gasteiger partial charge in [0.2, 0.25) is 11.8 Å². The molecule has 2 amide bonds. The molecule has 270 valence electrons. The monoisotopic (exact) mass is 733 g/mol. The number of benzene rings is 4. The van der Waals surface area contributed by atoms with Gasteiger partial charge in [-0.1, -0.05) is 79.0 Å². The number of anilines is 1. The number of ether oxygens (including phenoxy) is 3. The molecule has 5 rings (SSSR count). The first-order valence-corrected chi connectivity index (χ1v) is 18.6. The van der Waals surface area contributed by atoms with Gasteiger partial charge in [0.1, 0.15) is 18.3 Å². The van der Waals surface area contributed by atoms with Crippen molar-refractivity contribution in [3.63, 3.8) is 0 Å². The molecule has 1 aliphatic carbocycles. The normalized spacial score (nSPS) is 13.7. The van der Waals surface area contributed by atoms with Gasteiger partial charge in [0.15, 0.2) is 11.5 Å². The van der Waals surface area contributed by atoms with E-state index in [2.05, 4.69) is 5.32 Å². The SMILES string of the molecule is COc1ccc(S(=O)(=O)N(CC(=O)N(Cc2ccccc2C)C(Cc2ccccc2)C(=O)NC2CCCC2)c2cc(Cl)ccc2OC)cc1OC. The molecule has 0 radical (unpaired) electrons. The molecule has 1 saturated carbocycles. The summed E-state index contributed by atoms with van der Waals surface area (Å²) in [7, 11) is -0.222. The number of amides is 2. The molecule has 1 fully saturated rings. The van der Waals surface area contributed by atoms with Gasteiger partial charge >= 0.3 is 0 Å². The van der Waals surface area contributed by atoms with Crippen molar-refractivity contribution >= 4 is 39.1 Å². The van der Waals surface area contributed by atoms with E-state index in [0.29, 0.717) is 5.75 Å². The summed E-state index contributed by atoms with van der Waals surface area (Å²) in [5.74, 6) is -0.174. The topological polar surface area (TPSA) is 114 Å². The zero-order chi connectivity index (χ0) is 36.5. The number of nitrogens with one attached hydrogen (secondary N) is 1. The van der Waals surface area contributed by atoms with Crippen molar-refractivity contribution in [3.8, 4) is 17.2 Å². The third-order valence-corrected chi connectivity index (χ3v) is 11.2. The van der Waals surface area contributed by atoms with Crippen LogP contribution in [0.5, 0.6) is 17.2 Å². The Morgan fingerprint density at radius 1 is 0.843 bits per heavy atom. The number of hydrogen-bond donors (Lipinski definition) is 1. The van der Waals surface area contributed by atoms with Crippen molar-refractivity contribution in [3.05, 3.63) is 113 Å². The highest BCUT2D eigenvalue weighted by molar-refractivity contribution is 7.92. The average molecular weight is 734 g/mol. The Morgan fingerprint density at radius 3 is 2.16 bits per heavy atom. The quantitative estimate of drug-likeness (QED) is 0.147. The van der Waals surface area contributed by atoms with Crippen LogP contribution in [0, 0.1) is 6.92 Å². The molecular weight excluding hydrogens is 690 g/mol. The lowest BCUT2D eigenvalue weighted by Gasteiger charge is -2.35. The van der Waals surface area contributed by atoms with E-state index in [1.165, 1.54) is 56.6 Å². The maximum atomic E-state index is 14.9. The number of halogens is 1. The van der Waals surface area contributed by atoms with Crippen molar-refractivity contribution in [2.24, 2.45) is 0 Å². The summed E-state index contributed by atoms with van der Waals surface area (Å²) in [6.45, 7) is 1.34. The predicted octanol–water partition coefficient (Wildman–Crippen LogP) is 6.57. The van der Waals surface area contributed by atoms with Crippen LogP contribution in [0.1, 0.15) is 42.4 Å². The maximum absolute atomic E-state index is 14.9. The molecule has 4 aromatic carbocycles. The molecule has 1 atom stereocenters. The minimum Gasteiger partial charge on any atom is -0.495 e. The van der Waals surface area contributed by atoms with Crippen LogP contribution >= 0.6 is 11.6 Å². The summed E-state index contributed by atoms with van der Waals surface area (Å²) >= 11 is 6.43. The maximum Gasteiger partial charge on any atom is 0.265 e. The van der Waals surface area contributed by atoms with E-state index in [-0.39, 0.29) is 52.0 Å². The molecule has 0 aromatic heterocycles. The molecule has 12 heteroatoms. The number of rotatable bonds is 15. The highest BCUT2D eigenvalue weighted by atomic mass is 35.5. The first kappa shape index (κ1) is 37.5. The van der Waals surface area contributed by atoms with Gasteiger partial charge in [-0.25, -0.2) is 8.42 Å². The third-order valence-electron chi connectivity index (χ3n) is 9.21. The van der Waals surface area contributed by atoms with Crippen LogP contribution in [-0.4, -0.2) is 65.1 Å². The van der Waals surface area contributed by atoms with Crippen molar-refractivity contribution in [2.45, 2.75) is 62.6 Å². The van der Waals surface area contributed by atoms with E-state index in [1.807, 2.05) is 61.5 Å². The Hall–Kier alpha value is -4.74. The highest BCUT2D eigenvalue weighted by Gasteiger charge is 2.37. The van der Waals surface area contributed by atoms with Crippen molar-refractivity contribution in [1.29, 1.82) is 0 Å². The zero-order valence-electron chi connectivity index (χ0n) is 29.3. The van der Waals surface area contributed by atoms with Gasteiger partial charge < -0.3 is 24.4 Å². The van der Waals surface area contributed by atoms with Crippen LogP contribution in [-0.2, 0) is 32.6 Å². The number of aryl methyl sites for hydroxylation is 1. The Balaban J connectivity index is 1.63.